The molecule has 0 aliphatic carbocycles. The van der Waals surface area contributed by atoms with Crippen molar-refractivity contribution in [2.75, 3.05) is 33.4 Å². The Bertz CT molecular complexity index is 849. The number of hydrogen-bond acceptors (Lipinski definition) is 3. The fourth-order valence-corrected chi connectivity index (χ4v) is 3.94. The second-order valence-electron chi connectivity index (χ2n) is 7.38. The lowest BCUT2D eigenvalue weighted by molar-refractivity contribution is -0.125. The van der Waals surface area contributed by atoms with E-state index in [2.05, 4.69) is 24.4 Å². The minimum atomic E-state index is -0.272. The fraction of sp³-hybridized carbons (Fsp3) is 0.391. The molecule has 1 fully saturated rings. The van der Waals surface area contributed by atoms with E-state index in [1.807, 2.05) is 48.2 Å². The fourth-order valence-electron chi connectivity index (χ4n) is 3.94. The molecule has 148 valence electrons. The molecule has 3 rings (SSSR count). The summed E-state index contributed by atoms with van der Waals surface area (Å²) in [6.45, 7) is 5.90. The van der Waals surface area contributed by atoms with Gasteiger partial charge in [0, 0.05) is 38.2 Å². The molecule has 0 unspecified atom stereocenters. The summed E-state index contributed by atoms with van der Waals surface area (Å²) in [5.74, 6) is -0.322. The van der Waals surface area contributed by atoms with Gasteiger partial charge in [-0.05, 0) is 36.6 Å². The van der Waals surface area contributed by atoms with E-state index >= 15 is 0 Å². The molecular formula is C23H28N2O3. The lowest BCUT2D eigenvalue weighted by Crippen LogP contribution is -2.37. The van der Waals surface area contributed by atoms with Crippen molar-refractivity contribution in [2.24, 2.45) is 5.92 Å². The first-order chi connectivity index (χ1) is 13.5. The quantitative estimate of drug-likeness (QED) is 0.784. The summed E-state index contributed by atoms with van der Waals surface area (Å²) in [6, 6.07) is 15.7. The maximum Gasteiger partial charge on any atom is 0.254 e. The van der Waals surface area contributed by atoms with Crippen LogP contribution in [0.1, 0.15) is 33.0 Å². The number of aryl methyl sites for hydroxylation is 2. The van der Waals surface area contributed by atoms with Gasteiger partial charge in [-0.3, -0.25) is 9.59 Å². The summed E-state index contributed by atoms with van der Waals surface area (Å²) < 4.78 is 5.04. The molecule has 0 aromatic heterocycles. The number of likely N-dealkylation sites (tertiary alicyclic amines) is 1. The molecule has 5 nitrogen and oxygen atoms in total. The number of rotatable bonds is 6. The molecule has 1 saturated heterocycles. The smallest absolute Gasteiger partial charge is 0.254 e. The summed E-state index contributed by atoms with van der Waals surface area (Å²) in [4.78, 5) is 27.8. The Labute approximate surface area is 166 Å². The minimum absolute atomic E-state index is 0.0103. The third kappa shape index (κ3) is 4.25. The van der Waals surface area contributed by atoms with Crippen LogP contribution in [0.25, 0.3) is 0 Å². The summed E-state index contributed by atoms with van der Waals surface area (Å²) in [6.07, 6.45) is 0. The third-order valence-electron chi connectivity index (χ3n) is 5.51. The number of benzene rings is 2. The Morgan fingerprint density at radius 3 is 2.39 bits per heavy atom. The SMILES string of the molecule is COCCNC(=O)[C@H]1CN(C(=O)c2ccccc2C)C[C@@H]1c1ccccc1C. The highest BCUT2D eigenvalue weighted by molar-refractivity contribution is 5.96. The molecule has 1 aliphatic rings. The van der Waals surface area contributed by atoms with E-state index < -0.39 is 0 Å². The predicted octanol–water partition coefficient (Wildman–Crippen LogP) is 2.92. The van der Waals surface area contributed by atoms with Crippen LogP contribution in [-0.2, 0) is 9.53 Å². The van der Waals surface area contributed by atoms with E-state index in [-0.39, 0.29) is 23.7 Å². The Balaban J connectivity index is 1.86. The van der Waals surface area contributed by atoms with Gasteiger partial charge < -0.3 is 15.0 Å². The monoisotopic (exact) mass is 380 g/mol. The standard InChI is InChI=1S/C23H28N2O3/c1-16-8-4-6-10-18(16)20-14-25(15-21(20)22(26)24-12-13-28-3)23(27)19-11-7-5-9-17(19)2/h4-11,20-21H,12-15H2,1-3H3,(H,24,26)/t20-,21+/m1/s1. The van der Waals surface area contributed by atoms with E-state index in [1.165, 1.54) is 0 Å². The first-order valence-electron chi connectivity index (χ1n) is 9.70. The average molecular weight is 380 g/mol. The van der Waals surface area contributed by atoms with Gasteiger partial charge in [-0.1, -0.05) is 42.5 Å². The van der Waals surface area contributed by atoms with Gasteiger partial charge >= 0.3 is 0 Å². The van der Waals surface area contributed by atoms with Crippen molar-refractivity contribution in [2.45, 2.75) is 19.8 Å². The van der Waals surface area contributed by atoms with Crippen LogP contribution >= 0.6 is 0 Å². The normalized spacial score (nSPS) is 18.9. The molecule has 2 amide bonds. The number of nitrogens with zero attached hydrogens (tertiary/aromatic N) is 1. The zero-order valence-corrected chi connectivity index (χ0v) is 16.8. The van der Waals surface area contributed by atoms with Gasteiger partial charge in [0.15, 0.2) is 0 Å². The van der Waals surface area contributed by atoms with Crippen LogP contribution in [0.15, 0.2) is 48.5 Å². The van der Waals surface area contributed by atoms with Gasteiger partial charge in [0.1, 0.15) is 0 Å². The van der Waals surface area contributed by atoms with Crippen LogP contribution in [0.3, 0.4) is 0 Å². The third-order valence-corrected chi connectivity index (χ3v) is 5.51. The lowest BCUT2D eigenvalue weighted by Gasteiger charge is -2.20. The summed E-state index contributed by atoms with van der Waals surface area (Å²) in [7, 11) is 1.61. The van der Waals surface area contributed by atoms with Crippen molar-refractivity contribution in [3.8, 4) is 0 Å². The number of methoxy groups -OCH3 is 1. The molecule has 1 heterocycles. The van der Waals surface area contributed by atoms with E-state index in [4.69, 9.17) is 4.74 Å². The maximum absolute atomic E-state index is 13.1. The first kappa shape index (κ1) is 20.1. The molecule has 28 heavy (non-hydrogen) atoms. The van der Waals surface area contributed by atoms with Crippen LogP contribution in [0.4, 0.5) is 0 Å². The van der Waals surface area contributed by atoms with Gasteiger partial charge in [0.2, 0.25) is 5.91 Å². The zero-order valence-electron chi connectivity index (χ0n) is 16.8. The molecule has 2 aromatic rings. The van der Waals surface area contributed by atoms with Crippen LogP contribution in [-0.4, -0.2) is 50.1 Å². The van der Waals surface area contributed by atoms with E-state index in [1.54, 1.807) is 7.11 Å². The number of hydrogen-bond donors (Lipinski definition) is 1. The lowest BCUT2D eigenvalue weighted by atomic mass is 9.86. The Morgan fingerprint density at radius 2 is 1.71 bits per heavy atom. The topological polar surface area (TPSA) is 58.6 Å². The minimum Gasteiger partial charge on any atom is -0.383 e. The molecule has 5 heteroatoms. The van der Waals surface area contributed by atoms with Gasteiger partial charge in [-0.25, -0.2) is 0 Å². The summed E-state index contributed by atoms with van der Waals surface area (Å²) >= 11 is 0. The Morgan fingerprint density at radius 1 is 1.04 bits per heavy atom. The van der Waals surface area contributed by atoms with Crippen LogP contribution in [0, 0.1) is 19.8 Å². The Kier molecular flexibility index (Phi) is 6.47. The number of carbonyl (C=O) groups is 2. The van der Waals surface area contributed by atoms with Crippen LogP contribution in [0.5, 0.6) is 0 Å². The summed E-state index contributed by atoms with van der Waals surface area (Å²) in [5.41, 5.74) is 3.93. The molecule has 0 saturated carbocycles. The highest BCUT2D eigenvalue weighted by atomic mass is 16.5. The van der Waals surface area contributed by atoms with E-state index in [0.29, 0.717) is 31.8 Å². The number of amides is 2. The van der Waals surface area contributed by atoms with Gasteiger partial charge in [0.05, 0.1) is 12.5 Å². The number of nitrogens with one attached hydrogen (secondary N) is 1. The highest BCUT2D eigenvalue weighted by Crippen LogP contribution is 2.35. The van der Waals surface area contributed by atoms with Gasteiger partial charge in [-0.15, -0.1) is 0 Å². The van der Waals surface area contributed by atoms with Crippen molar-refractivity contribution < 1.29 is 14.3 Å². The Hall–Kier alpha value is -2.66. The molecule has 0 radical (unpaired) electrons. The van der Waals surface area contributed by atoms with Crippen molar-refractivity contribution in [1.29, 1.82) is 0 Å². The molecule has 2 aromatic carbocycles. The molecule has 2 atom stereocenters. The van der Waals surface area contributed by atoms with Crippen molar-refractivity contribution in [3.63, 3.8) is 0 Å². The molecule has 1 aliphatic heterocycles. The zero-order chi connectivity index (χ0) is 20.1. The van der Waals surface area contributed by atoms with Gasteiger partial charge in [-0.2, -0.15) is 0 Å². The predicted molar refractivity (Wildman–Crippen MR) is 109 cm³/mol. The second kappa shape index (κ2) is 9.02. The van der Waals surface area contributed by atoms with Crippen molar-refractivity contribution in [3.05, 3.63) is 70.8 Å². The summed E-state index contributed by atoms with van der Waals surface area (Å²) in [5, 5.41) is 2.95. The molecule has 0 spiro atoms. The van der Waals surface area contributed by atoms with Crippen molar-refractivity contribution >= 4 is 11.8 Å². The average Bonchev–Trinajstić information content (AvgIpc) is 3.13. The highest BCUT2D eigenvalue weighted by Gasteiger charge is 2.41. The molecular weight excluding hydrogens is 352 g/mol. The largest absolute Gasteiger partial charge is 0.383 e. The van der Waals surface area contributed by atoms with Crippen molar-refractivity contribution in [1.82, 2.24) is 10.2 Å². The number of ether oxygens (including phenoxy) is 1. The first-order valence-corrected chi connectivity index (χ1v) is 9.70. The molecule has 1 N–H and O–H groups in total. The van der Waals surface area contributed by atoms with E-state index in [0.717, 1.165) is 16.7 Å². The molecule has 0 bridgehead atoms. The van der Waals surface area contributed by atoms with Gasteiger partial charge in [0.25, 0.3) is 5.91 Å². The number of carbonyl (C=O) groups excluding carboxylic acids is 2. The van der Waals surface area contributed by atoms with Crippen LogP contribution in [0.2, 0.25) is 0 Å². The van der Waals surface area contributed by atoms with E-state index in [9.17, 15) is 9.59 Å². The second-order valence-corrected chi connectivity index (χ2v) is 7.38. The maximum atomic E-state index is 13.1. The van der Waals surface area contributed by atoms with Crippen LogP contribution < -0.4 is 5.32 Å².